The van der Waals surface area contributed by atoms with Crippen LogP contribution in [0.15, 0.2) is 0 Å². The van der Waals surface area contributed by atoms with Crippen LogP contribution in [0.4, 0.5) is 0 Å². The first-order valence-electron chi connectivity index (χ1n) is 7.82. The summed E-state index contributed by atoms with van der Waals surface area (Å²) in [4.78, 5) is 25.5. The molecule has 0 radical (unpaired) electrons. The number of nitrogens with one attached hydrogen (secondary N) is 1. The van der Waals surface area contributed by atoms with Gasteiger partial charge < -0.3 is 15.3 Å². The van der Waals surface area contributed by atoms with Crippen molar-refractivity contribution in [2.75, 3.05) is 19.6 Å². The number of carbonyl (C=O) groups excluding carboxylic acids is 1. The number of carboxylic acid groups (broad SMARTS) is 1. The van der Waals surface area contributed by atoms with E-state index in [4.69, 9.17) is 0 Å². The fourth-order valence-corrected chi connectivity index (χ4v) is 3.43. The maximum atomic E-state index is 12.3. The van der Waals surface area contributed by atoms with Crippen LogP contribution >= 0.6 is 0 Å². The molecular formula is C15H26N2O3. The van der Waals surface area contributed by atoms with Crippen LogP contribution in [0.2, 0.25) is 0 Å². The second-order valence-electron chi connectivity index (χ2n) is 6.22. The van der Waals surface area contributed by atoms with E-state index in [2.05, 4.69) is 5.32 Å². The van der Waals surface area contributed by atoms with Gasteiger partial charge in [0.1, 0.15) is 0 Å². The van der Waals surface area contributed by atoms with Gasteiger partial charge in [0.15, 0.2) is 0 Å². The van der Waals surface area contributed by atoms with Crippen LogP contribution in [0, 0.1) is 5.41 Å². The molecule has 5 heteroatoms. The van der Waals surface area contributed by atoms with Crippen LogP contribution in [0.1, 0.15) is 51.9 Å². The Bertz CT molecular complexity index is 366. The molecule has 1 saturated carbocycles. The molecule has 0 aromatic rings. The van der Waals surface area contributed by atoms with Crippen LogP contribution in [0.5, 0.6) is 0 Å². The number of rotatable bonds is 5. The van der Waals surface area contributed by atoms with E-state index in [1.165, 1.54) is 12.8 Å². The third kappa shape index (κ3) is 3.32. The summed E-state index contributed by atoms with van der Waals surface area (Å²) in [6.45, 7) is 3.31. The molecule has 1 unspecified atom stereocenters. The van der Waals surface area contributed by atoms with Gasteiger partial charge in [-0.3, -0.25) is 9.59 Å². The van der Waals surface area contributed by atoms with Crippen molar-refractivity contribution in [2.45, 2.75) is 57.9 Å². The Morgan fingerprint density at radius 2 is 2.00 bits per heavy atom. The van der Waals surface area contributed by atoms with E-state index in [-0.39, 0.29) is 5.91 Å². The molecule has 0 spiro atoms. The number of likely N-dealkylation sites (tertiary alicyclic amines) is 1. The average Bonchev–Trinajstić information content (AvgIpc) is 2.97. The van der Waals surface area contributed by atoms with E-state index in [1.807, 2.05) is 6.92 Å². The van der Waals surface area contributed by atoms with Crippen LogP contribution in [-0.4, -0.2) is 47.6 Å². The molecule has 1 saturated heterocycles. The topological polar surface area (TPSA) is 69.6 Å². The Morgan fingerprint density at radius 3 is 2.60 bits per heavy atom. The van der Waals surface area contributed by atoms with Gasteiger partial charge in [-0.05, 0) is 32.1 Å². The SMILES string of the molecule is CCC1(C(=O)O)CCCN(C(=O)CNC2CCCC2)C1. The molecule has 2 N–H and O–H groups in total. The summed E-state index contributed by atoms with van der Waals surface area (Å²) in [5, 5.41) is 12.8. The van der Waals surface area contributed by atoms with Crippen LogP contribution in [-0.2, 0) is 9.59 Å². The second kappa shape index (κ2) is 6.57. The standard InChI is InChI=1S/C15H26N2O3/c1-2-15(14(19)20)8-5-9-17(11-15)13(18)10-16-12-6-3-4-7-12/h12,16H,2-11H2,1H3,(H,19,20). The summed E-state index contributed by atoms with van der Waals surface area (Å²) in [5.74, 6) is -0.711. The molecule has 1 aliphatic carbocycles. The number of aliphatic carboxylic acids is 1. The van der Waals surface area contributed by atoms with Gasteiger partial charge in [-0.15, -0.1) is 0 Å². The maximum Gasteiger partial charge on any atom is 0.311 e. The molecule has 5 nitrogen and oxygen atoms in total. The van der Waals surface area contributed by atoms with Crippen molar-refractivity contribution < 1.29 is 14.7 Å². The molecule has 1 heterocycles. The summed E-state index contributed by atoms with van der Waals surface area (Å²) >= 11 is 0. The predicted molar refractivity (Wildman–Crippen MR) is 76.4 cm³/mol. The molecule has 114 valence electrons. The Kier molecular flexibility index (Phi) is 5.02. The lowest BCUT2D eigenvalue weighted by molar-refractivity contribution is -0.155. The largest absolute Gasteiger partial charge is 0.481 e. The van der Waals surface area contributed by atoms with E-state index in [9.17, 15) is 14.7 Å². The quantitative estimate of drug-likeness (QED) is 0.804. The van der Waals surface area contributed by atoms with Crippen molar-refractivity contribution in [3.63, 3.8) is 0 Å². The van der Waals surface area contributed by atoms with Gasteiger partial charge >= 0.3 is 5.97 Å². The zero-order valence-corrected chi connectivity index (χ0v) is 12.4. The number of carbonyl (C=O) groups is 2. The van der Waals surface area contributed by atoms with E-state index in [0.717, 1.165) is 19.3 Å². The van der Waals surface area contributed by atoms with Gasteiger partial charge in [0, 0.05) is 19.1 Å². The Labute approximate surface area is 120 Å². The van der Waals surface area contributed by atoms with Crippen molar-refractivity contribution in [3.05, 3.63) is 0 Å². The molecule has 0 bridgehead atoms. The summed E-state index contributed by atoms with van der Waals surface area (Å²) in [5.41, 5.74) is -0.735. The van der Waals surface area contributed by atoms with Gasteiger partial charge in [0.05, 0.1) is 12.0 Å². The minimum atomic E-state index is -0.763. The third-order valence-electron chi connectivity index (χ3n) is 4.96. The molecule has 2 aliphatic rings. The number of piperidine rings is 1. The first-order valence-corrected chi connectivity index (χ1v) is 7.82. The Balaban J connectivity index is 1.87. The van der Waals surface area contributed by atoms with Crippen LogP contribution in [0.3, 0.4) is 0 Å². The van der Waals surface area contributed by atoms with Gasteiger partial charge in [0.25, 0.3) is 0 Å². The molecule has 1 amide bonds. The lowest BCUT2D eigenvalue weighted by atomic mass is 9.77. The number of amides is 1. The lowest BCUT2D eigenvalue weighted by Gasteiger charge is -2.39. The highest BCUT2D eigenvalue weighted by molar-refractivity contribution is 5.81. The highest BCUT2D eigenvalue weighted by atomic mass is 16.4. The predicted octanol–water partition coefficient (Wildman–Crippen LogP) is 1.62. The molecule has 1 atom stereocenters. The Morgan fingerprint density at radius 1 is 1.30 bits per heavy atom. The molecule has 0 aromatic carbocycles. The summed E-state index contributed by atoms with van der Waals surface area (Å²) in [6.07, 6.45) is 6.85. The van der Waals surface area contributed by atoms with E-state index in [0.29, 0.717) is 38.5 Å². The van der Waals surface area contributed by atoms with Crippen LogP contribution in [0.25, 0.3) is 0 Å². The van der Waals surface area contributed by atoms with Gasteiger partial charge in [-0.25, -0.2) is 0 Å². The zero-order chi connectivity index (χ0) is 14.6. The number of carboxylic acids is 1. The van der Waals surface area contributed by atoms with Gasteiger partial charge in [0.2, 0.25) is 5.91 Å². The first kappa shape index (κ1) is 15.3. The highest BCUT2D eigenvalue weighted by Crippen LogP contribution is 2.33. The zero-order valence-electron chi connectivity index (χ0n) is 12.4. The monoisotopic (exact) mass is 282 g/mol. The summed E-state index contributed by atoms with van der Waals surface area (Å²) < 4.78 is 0. The van der Waals surface area contributed by atoms with Gasteiger partial charge in [-0.2, -0.15) is 0 Å². The number of hydrogen-bond donors (Lipinski definition) is 2. The van der Waals surface area contributed by atoms with E-state index >= 15 is 0 Å². The van der Waals surface area contributed by atoms with Crippen molar-refractivity contribution in [1.82, 2.24) is 10.2 Å². The number of hydrogen-bond acceptors (Lipinski definition) is 3. The minimum Gasteiger partial charge on any atom is -0.481 e. The highest BCUT2D eigenvalue weighted by Gasteiger charge is 2.41. The smallest absolute Gasteiger partial charge is 0.311 e. The molecule has 0 aromatic heterocycles. The van der Waals surface area contributed by atoms with Gasteiger partial charge in [-0.1, -0.05) is 19.8 Å². The second-order valence-corrected chi connectivity index (χ2v) is 6.22. The molecule has 1 aliphatic heterocycles. The fourth-order valence-electron chi connectivity index (χ4n) is 3.43. The van der Waals surface area contributed by atoms with Crippen molar-refractivity contribution in [1.29, 1.82) is 0 Å². The molecule has 2 fully saturated rings. The average molecular weight is 282 g/mol. The molecule has 20 heavy (non-hydrogen) atoms. The Hall–Kier alpha value is -1.10. The summed E-state index contributed by atoms with van der Waals surface area (Å²) in [6, 6.07) is 0.471. The first-order chi connectivity index (χ1) is 9.57. The van der Waals surface area contributed by atoms with E-state index in [1.54, 1.807) is 4.90 Å². The summed E-state index contributed by atoms with van der Waals surface area (Å²) in [7, 11) is 0. The van der Waals surface area contributed by atoms with Crippen molar-refractivity contribution in [2.24, 2.45) is 5.41 Å². The number of nitrogens with zero attached hydrogens (tertiary/aromatic N) is 1. The fraction of sp³-hybridized carbons (Fsp3) is 0.867. The normalized spacial score (nSPS) is 27.8. The maximum absolute atomic E-state index is 12.3. The third-order valence-corrected chi connectivity index (χ3v) is 4.96. The minimum absolute atomic E-state index is 0.0516. The molecular weight excluding hydrogens is 256 g/mol. The van der Waals surface area contributed by atoms with Crippen molar-refractivity contribution in [3.8, 4) is 0 Å². The van der Waals surface area contributed by atoms with E-state index < -0.39 is 11.4 Å². The van der Waals surface area contributed by atoms with Crippen molar-refractivity contribution >= 4 is 11.9 Å². The lowest BCUT2D eigenvalue weighted by Crippen LogP contribution is -2.52. The van der Waals surface area contributed by atoms with Crippen LogP contribution < -0.4 is 5.32 Å². The molecule has 2 rings (SSSR count).